The standard InChI is InChI=1S/2C15H23BrO2/c2*1-10-9-11(17)12(16)13(2,3)15(10)7-5-14(4,18)6-8-15/h2*5,7,11-12,17-18H,1,6,8-9H2,2-4H3/t2*11-,12+,14-,15+/m00/s1. The van der Waals surface area contributed by atoms with Gasteiger partial charge >= 0.3 is 0 Å². The van der Waals surface area contributed by atoms with Crippen LogP contribution in [0.5, 0.6) is 0 Å². The molecular formula is C30H46Br2O4. The van der Waals surface area contributed by atoms with E-state index in [0.717, 1.165) is 36.8 Å². The van der Waals surface area contributed by atoms with Crippen molar-refractivity contribution >= 4 is 31.9 Å². The Morgan fingerprint density at radius 1 is 0.639 bits per heavy atom. The number of halogens is 2. The zero-order valence-corrected chi connectivity index (χ0v) is 26.0. The van der Waals surface area contributed by atoms with Crippen molar-refractivity contribution in [3.8, 4) is 0 Å². The molecule has 0 bridgehead atoms. The molecule has 0 saturated heterocycles. The SMILES string of the molecule is C=C1C[C@H](O)[C@@H](Br)C(C)(C)[C@@]12C=C[C@](C)(O)CC2.C=C1C[C@H](O)[C@@H](Br)C(C)(C)[C@@]12C=C[C@](C)(O)CC2. The lowest BCUT2D eigenvalue weighted by molar-refractivity contribution is 0.00177. The summed E-state index contributed by atoms with van der Waals surface area (Å²) >= 11 is 7.31. The first-order chi connectivity index (χ1) is 16.2. The Balaban J connectivity index is 0.000000201. The first-order valence-corrected chi connectivity index (χ1v) is 14.9. The van der Waals surface area contributed by atoms with Gasteiger partial charge in [0, 0.05) is 20.5 Å². The van der Waals surface area contributed by atoms with Gasteiger partial charge in [-0.05, 0) is 63.2 Å². The molecule has 8 atom stereocenters. The van der Waals surface area contributed by atoms with Crippen molar-refractivity contribution in [1.29, 1.82) is 0 Å². The fraction of sp³-hybridized carbons (Fsp3) is 0.733. The molecule has 2 fully saturated rings. The minimum atomic E-state index is -0.709. The number of rotatable bonds is 0. The summed E-state index contributed by atoms with van der Waals surface area (Å²) in [6, 6.07) is 0. The van der Waals surface area contributed by atoms with Crippen LogP contribution in [0.25, 0.3) is 0 Å². The Morgan fingerprint density at radius 2 is 0.944 bits per heavy atom. The smallest absolute Gasteiger partial charge is 0.0800 e. The first-order valence-electron chi connectivity index (χ1n) is 13.1. The molecule has 2 saturated carbocycles. The number of hydrogen-bond donors (Lipinski definition) is 4. The second-order valence-electron chi connectivity index (χ2n) is 13.3. The molecule has 0 aromatic carbocycles. The highest BCUT2D eigenvalue weighted by molar-refractivity contribution is 9.09. The number of aliphatic hydroxyl groups excluding tert-OH is 2. The average molecular weight is 631 g/mol. The lowest BCUT2D eigenvalue weighted by Gasteiger charge is -2.56. The molecule has 0 aromatic heterocycles. The van der Waals surface area contributed by atoms with Crippen molar-refractivity contribution in [2.75, 3.05) is 0 Å². The molecule has 4 N–H and O–H groups in total. The highest BCUT2D eigenvalue weighted by atomic mass is 79.9. The van der Waals surface area contributed by atoms with E-state index in [2.05, 4.69) is 84.9 Å². The Hall–Kier alpha value is -0.240. The monoisotopic (exact) mass is 628 g/mol. The maximum atomic E-state index is 10.1. The summed E-state index contributed by atoms with van der Waals surface area (Å²) in [5.41, 5.74) is 0.276. The topological polar surface area (TPSA) is 80.9 Å². The van der Waals surface area contributed by atoms with Crippen molar-refractivity contribution in [3.05, 3.63) is 48.6 Å². The minimum Gasteiger partial charge on any atom is -0.392 e. The molecule has 4 aliphatic rings. The van der Waals surface area contributed by atoms with Crippen LogP contribution in [0.2, 0.25) is 0 Å². The third kappa shape index (κ3) is 4.93. The van der Waals surface area contributed by atoms with Crippen LogP contribution < -0.4 is 0 Å². The highest BCUT2D eigenvalue weighted by Gasteiger charge is 2.57. The molecule has 6 heteroatoms. The third-order valence-corrected chi connectivity index (χ3v) is 13.5. The fourth-order valence-corrected chi connectivity index (χ4v) is 8.17. The van der Waals surface area contributed by atoms with Crippen LogP contribution in [0, 0.1) is 21.7 Å². The van der Waals surface area contributed by atoms with Gasteiger partial charge in [-0.3, -0.25) is 0 Å². The number of allylic oxidation sites excluding steroid dienone is 2. The van der Waals surface area contributed by atoms with E-state index < -0.39 is 11.2 Å². The van der Waals surface area contributed by atoms with E-state index in [-0.39, 0.29) is 43.5 Å². The summed E-state index contributed by atoms with van der Waals surface area (Å²) < 4.78 is 0. The molecule has 0 aromatic rings. The Labute approximate surface area is 234 Å². The quantitative estimate of drug-likeness (QED) is 0.185. The van der Waals surface area contributed by atoms with E-state index in [4.69, 9.17) is 0 Å². The molecule has 0 radical (unpaired) electrons. The summed E-state index contributed by atoms with van der Waals surface area (Å²) in [5.74, 6) is 0. The van der Waals surface area contributed by atoms with Crippen LogP contribution in [-0.4, -0.2) is 53.5 Å². The fourth-order valence-electron chi connectivity index (χ4n) is 6.98. The summed E-state index contributed by atoms with van der Waals surface area (Å²) in [7, 11) is 0. The molecule has 0 amide bonds. The molecule has 4 nitrogen and oxygen atoms in total. The summed E-state index contributed by atoms with van der Waals surface area (Å²) in [5, 5.41) is 40.4. The first kappa shape index (κ1) is 30.3. The Kier molecular flexibility index (Phi) is 8.20. The molecule has 4 rings (SSSR count). The van der Waals surface area contributed by atoms with Crippen molar-refractivity contribution in [2.24, 2.45) is 21.7 Å². The van der Waals surface area contributed by atoms with Gasteiger partial charge in [0.15, 0.2) is 0 Å². The van der Waals surface area contributed by atoms with Crippen LogP contribution in [0.4, 0.5) is 0 Å². The summed E-state index contributed by atoms with van der Waals surface area (Å²) in [6.07, 6.45) is 11.8. The third-order valence-electron chi connectivity index (χ3n) is 10.0. The predicted molar refractivity (Wildman–Crippen MR) is 155 cm³/mol. The molecule has 2 spiro atoms. The molecular weight excluding hydrogens is 584 g/mol. The lowest BCUT2D eigenvalue weighted by atomic mass is 9.51. The van der Waals surface area contributed by atoms with Crippen molar-refractivity contribution < 1.29 is 20.4 Å². The van der Waals surface area contributed by atoms with Gasteiger partial charge in [-0.15, -0.1) is 0 Å². The molecule has 0 unspecified atom stereocenters. The van der Waals surface area contributed by atoms with Gasteiger partial charge in [0.05, 0.1) is 23.4 Å². The molecule has 0 aliphatic heterocycles. The van der Waals surface area contributed by atoms with Crippen LogP contribution >= 0.6 is 31.9 Å². The van der Waals surface area contributed by atoms with E-state index in [9.17, 15) is 20.4 Å². The van der Waals surface area contributed by atoms with Crippen molar-refractivity contribution in [1.82, 2.24) is 0 Å². The largest absolute Gasteiger partial charge is 0.392 e. The van der Waals surface area contributed by atoms with Gasteiger partial charge in [0.25, 0.3) is 0 Å². The highest BCUT2D eigenvalue weighted by Crippen LogP contribution is 2.61. The molecule has 4 aliphatic carbocycles. The van der Waals surface area contributed by atoms with Gasteiger partial charge in [0.2, 0.25) is 0 Å². The second kappa shape index (κ2) is 9.75. The van der Waals surface area contributed by atoms with Crippen molar-refractivity contribution in [2.45, 2.75) is 113 Å². The molecule has 204 valence electrons. The van der Waals surface area contributed by atoms with E-state index in [1.807, 2.05) is 26.0 Å². The number of hydrogen-bond acceptors (Lipinski definition) is 4. The van der Waals surface area contributed by atoms with Crippen LogP contribution in [0.3, 0.4) is 0 Å². The van der Waals surface area contributed by atoms with E-state index in [1.54, 1.807) is 0 Å². The number of aliphatic hydroxyl groups is 4. The lowest BCUT2D eigenvalue weighted by Crippen LogP contribution is -2.54. The molecule has 0 heterocycles. The van der Waals surface area contributed by atoms with Gasteiger partial charge in [-0.2, -0.15) is 0 Å². The van der Waals surface area contributed by atoms with Gasteiger partial charge < -0.3 is 20.4 Å². The van der Waals surface area contributed by atoms with Gasteiger partial charge in [-0.25, -0.2) is 0 Å². The maximum absolute atomic E-state index is 10.1. The van der Waals surface area contributed by atoms with Crippen LogP contribution in [-0.2, 0) is 0 Å². The van der Waals surface area contributed by atoms with E-state index in [0.29, 0.717) is 12.8 Å². The van der Waals surface area contributed by atoms with Gasteiger partial charge in [0.1, 0.15) is 0 Å². The normalized spacial score (nSPS) is 47.6. The zero-order valence-electron chi connectivity index (χ0n) is 22.8. The van der Waals surface area contributed by atoms with E-state index >= 15 is 0 Å². The zero-order chi connectivity index (χ0) is 27.5. The average Bonchev–Trinajstić information content (AvgIpc) is 2.76. The van der Waals surface area contributed by atoms with Crippen molar-refractivity contribution in [3.63, 3.8) is 0 Å². The van der Waals surface area contributed by atoms with Crippen LogP contribution in [0.1, 0.15) is 80.1 Å². The number of alkyl halides is 2. The minimum absolute atomic E-state index is 0.0446. The van der Waals surface area contributed by atoms with Crippen LogP contribution in [0.15, 0.2) is 48.6 Å². The van der Waals surface area contributed by atoms with E-state index in [1.165, 1.54) is 0 Å². The Morgan fingerprint density at radius 3 is 1.19 bits per heavy atom. The summed E-state index contributed by atoms with van der Waals surface area (Å²) in [6.45, 7) is 20.8. The second-order valence-corrected chi connectivity index (χ2v) is 15.3. The Bertz CT molecular complexity index is 871. The maximum Gasteiger partial charge on any atom is 0.0800 e. The summed E-state index contributed by atoms with van der Waals surface area (Å²) in [4.78, 5) is 0.0893. The predicted octanol–water partition coefficient (Wildman–Crippen LogP) is 6.37. The molecule has 36 heavy (non-hydrogen) atoms. The van der Waals surface area contributed by atoms with Gasteiger partial charge in [-0.1, -0.05) is 108 Å².